The predicted octanol–water partition coefficient (Wildman–Crippen LogP) is 5.88. The molecule has 3 N–H and O–H groups in total. The Balaban J connectivity index is 1.64. The highest BCUT2D eigenvalue weighted by Gasteiger charge is 2.21. The number of methoxy groups -OCH3 is 1. The van der Waals surface area contributed by atoms with Crippen molar-refractivity contribution in [3.8, 4) is 5.75 Å². The van der Waals surface area contributed by atoms with Crippen LogP contribution in [0.3, 0.4) is 0 Å². The molecule has 0 aliphatic rings. The molecule has 1 aromatic heterocycles. The second kappa shape index (κ2) is 10.8. The number of carbonyl (C=O) groups is 1. The number of halogens is 1. The van der Waals surface area contributed by atoms with E-state index in [1.54, 1.807) is 37.6 Å². The van der Waals surface area contributed by atoms with Gasteiger partial charge in [-0.25, -0.2) is 4.99 Å². The summed E-state index contributed by atoms with van der Waals surface area (Å²) in [5.41, 5.74) is 3.59. The molecule has 178 valence electrons. The topological polar surface area (TPSA) is 94.6 Å². The molecule has 0 radical (unpaired) electrons. The summed E-state index contributed by atoms with van der Waals surface area (Å²) in [7, 11) is 5.57. The fraction of sp³-hybridized carbons (Fsp3) is 0.115. The van der Waals surface area contributed by atoms with Crippen molar-refractivity contribution < 1.29 is 9.53 Å². The molecule has 0 saturated heterocycles. The van der Waals surface area contributed by atoms with Crippen LogP contribution in [0.1, 0.15) is 15.9 Å². The Kier molecular flexibility index (Phi) is 7.32. The fourth-order valence-electron chi connectivity index (χ4n) is 3.27. The Morgan fingerprint density at radius 3 is 2.29 bits per heavy atom. The van der Waals surface area contributed by atoms with Gasteiger partial charge in [0.25, 0.3) is 5.91 Å². The average molecular weight is 489 g/mol. The third-order valence-corrected chi connectivity index (χ3v) is 5.43. The van der Waals surface area contributed by atoms with Gasteiger partial charge >= 0.3 is 0 Å². The number of anilines is 4. The molecule has 0 unspecified atom stereocenters. The lowest BCUT2D eigenvalue weighted by molar-refractivity contribution is 0.102. The zero-order chi connectivity index (χ0) is 24.8. The number of nitrogens with zero attached hydrogens (tertiary/aromatic N) is 3. The van der Waals surface area contributed by atoms with Gasteiger partial charge in [-0.15, -0.1) is 0 Å². The Labute approximate surface area is 208 Å². The van der Waals surface area contributed by atoms with Crippen LogP contribution >= 0.6 is 11.6 Å². The van der Waals surface area contributed by atoms with Gasteiger partial charge in [-0.3, -0.25) is 9.89 Å². The number of benzene rings is 3. The minimum Gasteiger partial charge on any atom is -0.497 e. The van der Waals surface area contributed by atoms with Gasteiger partial charge in [0.05, 0.1) is 7.11 Å². The van der Waals surface area contributed by atoms with E-state index in [4.69, 9.17) is 16.3 Å². The summed E-state index contributed by atoms with van der Waals surface area (Å²) in [5.74, 6) is 1.03. The maximum Gasteiger partial charge on any atom is 0.263 e. The zero-order valence-corrected chi connectivity index (χ0v) is 20.3. The number of carbonyl (C=O) groups excluding carboxylic acids is 1. The van der Waals surface area contributed by atoms with Crippen molar-refractivity contribution in [2.75, 3.05) is 36.7 Å². The van der Waals surface area contributed by atoms with Crippen molar-refractivity contribution in [1.82, 2.24) is 10.2 Å². The first-order valence-electron chi connectivity index (χ1n) is 10.8. The molecule has 0 saturated carbocycles. The van der Waals surface area contributed by atoms with Gasteiger partial charge in [0, 0.05) is 42.4 Å². The molecule has 4 rings (SSSR count). The largest absolute Gasteiger partial charge is 0.497 e. The molecule has 8 nitrogen and oxygen atoms in total. The molecule has 0 spiro atoms. The van der Waals surface area contributed by atoms with Gasteiger partial charge < -0.3 is 20.3 Å². The van der Waals surface area contributed by atoms with E-state index in [2.05, 4.69) is 25.8 Å². The van der Waals surface area contributed by atoms with Crippen molar-refractivity contribution in [1.29, 1.82) is 0 Å². The molecule has 35 heavy (non-hydrogen) atoms. The molecule has 0 bridgehead atoms. The van der Waals surface area contributed by atoms with Crippen LogP contribution in [0.25, 0.3) is 0 Å². The van der Waals surface area contributed by atoms with E-state index in [0.29, 0.717) is 16.5 Å². The monoisotopic (exact) mass is 488 g/mol. The van der Waals surface area contributed by atoms with Crippen molar-refractivity contribution in [2.24, 2.45) is 4.99 Å². The molecule has 0 aliphatic heterocycles. The van der Waals surface area contributed by atoms with Crippen molar-refractivity contribution in [2.45, 2.75) is 0 Å². The Morgan fingerprint density at radius 2 is 1.66 bits per heavy atom. The number of hydrogen-bond donors (Lipinski definition) is 3. The number of nitrogens with one attached hydrogen (secondary N) is 3. The molecule has 4 aromatic rings. The summed E-state index contributed by atoms with van der Waals surface area (Å²) >= 11 is 5.97. The zero-order valence-electron chi connectivity index (χ0n) is 19.5. The number of rotatable bonds is 8. The van der Waals surface area contributed by atoms with Gasteiger partial charge in [0.15, 0.2) is 5.82 Å². The second-order valence-electron chi connectivity index (χ2n) is 7.86. The summed E-state index contributed by atoms with van der Waals surface area (Å²) in [6, 6.07) is 22.1. The van der Waals surface area contributed by atoms with Gasteiger partial charge in [-0.2, -0.15) is 5.10 Å². The number of aromatic nitrogens is 2. The lowest BCUT2D eigenvalue weighted by Crippen LogP contribution is -2.13. The number of aliphatic imine (C=N–C) groups is 1. The van der Waals surface area contributed by atoms with Crippen LogP contribution < -0.4 is 20.3 Å². The quantitative estimate of drug-likeness (QED) is 0.269. The molecular formula is C26H25ClN6O2. The predicted molar refractivity (Wildman–Crippen MR) is 142 cm³/mol. The second-order valence-corrected chi connectivity index (χ2v) is 8.29. The third-order valence-electron chi connectivity index (χ3n) is 5.18. The number of aromatic amines is 1. The fourth-order valence-corrected chi connectivity index (χ4v) is 3.40. The smallest absolute Gasteiger partial charge is 0.263 e. The van der Waals surface area contributed by atoms with Crippen molar-refractivity contribution >= 4 is 52.4 Å². The van der Waals surface area contributed by atoms with E-state index in [9.17, 15) is 4.79 Å². The van der Waals surface area contributed by atoms with Crippen LogP contribution in [0, 0.1) is 0 Å². The van der Waals surface area contributed by atoms with E-state index >= 15 is 0 Å². The van der Waals surface area contributed by atoms with E-state index < -0.39 is 0 Å². The van der Waals surface area contributed by atoms with Gasteiger partial charge in [0.1, 0.15) is 17.1 Å². The molecule has 3 aromatic carbocycles. The minimum atomic E-state index is -0.368. The van der Waals surface area contributed by atoms with Crippen LogP contribution in [0.5, 0.6) is 5.75 Å². The number of amides is 1. The highest BCUT2D eigenvalue weighted by molar-refractivity contribution is 6.30. The maximum atomic E-state index is 13.3. The summed E-state index contributed by atoms with van der Waals surface area (Å²) in [5, 5.41) is 13.8. The first-order valence-corrected chi connectivity index (χ1v) is 11.2. The van der Waals surface area contributed by atoms with Crippen LogP contribution in [0.15, 0.2) is 77.8 Å². The molecule has 1 heterocycles. The summed E-state index contributed by atoms with van der Waals surface area (Å²) < 4.78 is 5.21. The summed E-state index contributed by atoms with van der Waals surface area (Å²) in [6.45, 7) is 0. The van der Waals surface area contributed by atoms with E-state index in [-0.39, 0.29) is 17.3 Å². The Bertz CT molecular complexity index is 1310. The SMILES string of the molecule is COc1ccc(Nc2[nH]nc(N=Cc3ccc(N(C)C)cc3)c2C(=O)Nc2ccc(Cl)cc2)cc1. The minimum absolute atomic E-state index is 0.254. The molecular weight excluding hydrogens is 464 g/mol. The first kappa shape index (κ1) is 23.8. The average Bonchev–Trinajstić information content (AvgIpc) is 3.27. The maximum absolute atomic E-state index is 13.3. The van der Waals surface area contributed by atoms with Crippen LogP contribution in [-0.2, 0) is 0 Å². The van der Waals surface area contributed by atoms with Crippen LogP contribution in [0.2, 0.25) is 5.02 Å². The van der Waals surface area contributed by atoms with E-state index in [1.165, 1.54) is 0 Å². The van der Waals surface area contributed by atoms with E-state index in [1.807, 2.05) is 67.5 Å². The standard InChI is InChI=1S/C26H25ClN6O2/c1-33(2)21-12-4-17(5-13-21)16-28-24-23(26(34)30-20-8-6-18(27)7-9-20)25(32-31-24)29-19-10-14-22(35-3)15-11-19/h4-16H,1-3H3,(H,30,34)(H2,29,31,32). The molecule has 9 heteroatoms. The lowest BCUT2D eigenvalue weighted by Gasteiger charge is -2.11. The number of ether oxygens (including phenoxy) is 1. The highest BCUT2D eigenvalue weighted by atomic mass is 35.5. The Hall–Kier alpha value is -4.30. The lowest BCUT2D eigenvalue weighted by atomic mass is 10.2. The molecule has 0 aliphatic carbocycles. The number of hydrogen-bond acceptors (Lipinski definition) is 6. The van der Waals surface area contributed by atoms with E-state index in [0.717, 1.165) is 22.7 Å². The van der Waals surface area contributed by atoms with Gasteiger partial charge in [-0.1, -0.05) is 23.7 Å². The first-order chi connectivity index (χ1) is 16.9. The number of H-pyrrole nitrogens is 1. The van der Waals surface area contributed by atoms with Crippen LogP contribution in [-0.4, -0.2) is 43.5 Å². The Morgan fingerprint density at radius 1 is 1.00 bits per heavy atom. The van der Waals surface area contributed by atoms with Crippen molar-refractivity contribution in [3.05, 3.63) is 88.9 Å². The van der Waals surface area contributed by atoms with Gasteiger partial charge in [-0.05, 0) is 66.2 Å². The van der Waals surface area contributed by atoms with Gasteiger partial charge in [0.2, 0.25) is 0 Å². The normalized spacial score (nSPS) is 10.9. The highest BCUT2D eigenvalue weighted by Crippen LogP contribution is 2.29. The summed E-state index contributed by atoms with van der Waals surface area (Å²) in [6.07, 6.45) is 1.67. The molecule has 0 atom stereocenters. The van der Waals surface area contributed by atoms with Crippen LogP contribution in [0.4, 0.5) is 28.7 Å². The molecule has 1 amide bonds. The molecule has 0 fully saturated rings. The van der Waals surface area contributed by atoms with Crippen molar-refractivity contribution in [3.63, 3.8) is 0 Å². The summed E-state index contributed by atoms with van der Waals surface area (Å²) in [4.78, 5) is 19.8. The third kappa shape index (κ3) is 5.99.